The summed E-state index contributed by atoms with van der Waals surface area (Å²) in [5, 5.41) is 3.97. The number of aromatic nitrogens is 1. The van der Waals surface area contributed by atoms with Gasteiger partial charge >= 0.3 is 0 Å². The molecule has 0 unspecified atom stereocenters. The molecule has 0 fully saturated rings. The quantitative estimate of drug-likeness (QED) is 0.512. The SMILES string of the molecule is Cc1c(C(=O)Nc2cccc(Oc3ccccc3)c2)sc2ncccc12. The number of thiophene rings is 1. The zero-order chi connectivity index (χ0) is 17.9. The zero-order valence-corrected chi connectivity index (χ0v) is 14.9. The van der Waals surface area contributed by atoms with Crippen molar-refractivity contribution in [1.82, 2.24) is 4.98 Å². The van der Waals surface area contributed by atoms with Gasteiger partial charge in [-0.25, -0.2) is 4.98 Å². The van der Waals surface area contributed by atoms with E-state index in [1.165, 1.54) is 11.3 Å². The number of ether oxygens (including phenoxy) is 1. The molecule has 1 amide bonds. The Bertz CT molecular complexity index is 1070. The summed E-state index contributed by atoms with van der Waals surface area (Å²) < 4.78 is 5.82. The molecule has 5 heteroatoms. The summed E-state index contributed by atoms with van der Waals surface area (Å²) in [5.41, 5.74) is 1.64. The van der Waals surface area contributed by atoms with Crippen molar-refractivity contribution in [3.05, 3.63) is 83.4 Å². The molecule has 128 valence electrons. The first-order valence-electron chi connectivity index (χ1n) is 8.19. The topological polar surface area (TPSA) is 51.2 Å². The first kappa shape index (κ1) is 16.3. The third-order valence-electron chi connectivity index (χ3n) is 3.99. The largest absolute Gasteiger partial charge is 0.457 e. The highest BCUT2D eigenvalue weighted by Crippen LogP contribution is 2.30. The van der Waals surface area contributed by atoms with Gasteiger partial charge in [0.1, 0.15) is 16.3 Å². The van der Waals surface area contributed by atoms with Gasteiger partial charge in [-0.1, -0.05) is 30.3 Å². The fourth-order valence-corrected chi connectivity index (χ4v) is 3.76. The maximum absolute atomic E-state index is 12.7. The van der Waals surface area contributed by atoms with E-state index in [0.717, 1.165) is 21.5 Å². The number of hydrogen-bond donors (Lipinski definition) is 1. The van der Waals surface area contributed by atoms with Gasteiger partial charge in [-0.3, -0.25) is 4.79 Å². The molecule has 0 atom stereocenters. The van der Waals surface area contributed by atoms with Crippen LogP contribution in [0.2, 0.25) is 0 Å². The maximum atomic E-state index is 12.7. The molecule has 0 aliphatic rings. The van der Waals surface area contributed by atoms with Crippen molar-refractivity contribution in [1.29, 1.82) is 0 Å². The van der Waals surface area contributed by atoms with Gasteiger partial charge < -0.3 is 10.1 Å². The van der Waals surface area contributed by atoms with Gasteiger partial charge in [0.2, 0.25) is 0 Å². The number of amides is 1. The van der Waals surface area contributed by atoms with Crippen LogP contribution in [0.5, 0.6) is 11.5 Å². The number of pyridine rings is 1. The minimum absolute atomic E-state index is 0.137. The number of fused-ring (bicyclic) bond motifs is 1. The molecular formula is C21H16N2O2S. The summed E-state index contributed by atoms with van der Waals surface area (Å²) in [6, 6.07) is 20.8. The fourth-order valence-electron chi connectivity index (χ4n) is 2.72. The Morgan fingerprint density at radius 3 is 2.62 bits per heavy atom. The maximum Gasteiger partial charge on any atom is 0.266 e. The van der Waals surface area contributed by atoms with Gasteiger partial charge in [0.25, 0.3) is 5.91 Å². The van der Waals surface area contributed by atoms with Gasteiger partial charge in [0, 0.05) is 23.3 Å². The number of anilines is 1. The number of nitrogens with one attached hydrogen (secondary N) is 1. The smallest absolute Gasteiger partial charge is 0.266 e. The molecule has 0 spiro atoms. The molecule has 2 aromatic heterocycles. The van der Waals surface area contributed by atoms with Gasteiger partial charge in [-0.05, 0) is 42.8 Å². The number of nitrogens with zero attached hydrogens (tertiary/aromatic N) is 1. The van der Waals surface area contributed by atoms with Crippen LogP contribution in [0.1, 0.15) is 15.2 Å². The highest BCUT2D eigenvalue weighted by atomic mass is 32.1. The van der Waals surface area contributed by atoms with E-state index in [2.05, 4.69) is 10.3 Å². The van der Waals surface area contributed by atoms with Gasteiger partial charge in [0.05, 0.1) is 4.88 Å². The molecule has 0 saturated carbocycles. The Labute approximate surface area is 155 Å². The minimum Gasteiger partial charge on any atom is -0.457 e. The summed E-state index contributed by atoms with van der Waals surface area (Å²) in [6.45, 7) is 1.95. The third kappa shape index (κ3) is 3.30. The van der Waals surface area contributed by atoms with Crippen LogP contribution in [-0.4, -0.2) is 10.9 Å². The van der Waals surface area contributed by atoms with Crippen LogP contribution in [0, 0.1) is 6.92 Å². The van der Waals surface area contributed by atoms with Crippen LogP contribution in [0.4, 0.5) is 5.69 Å². The Morgan fingerprint density at radius 2 is 1.81 bits per heavy atom. The highest BCUT2D eigenvalue weighted by molar-refractivity contribution is 7.20. The molecule has 1 N–H and O–H groups in total. The van der Waals surface area contributed by atoms with Gasteiger partial charge in [0.15, 0.2) is 0 Å². The zero-order valence-electron chi connectivity index (χ0n) is 14.1. The second-order valence-electron chi connectivity index (χ2n) is 5.81. The van der Waals surface area contributed by atoms with E-state index in [4.69, 9.17) is 4.74 Å². The molecule has 4 nitrogen and oxygen atoms in total. The molecule has 4 rings (SSSR count). The van der Waals surface area contributed by atoms with E-state index in [1.807, 2.05) is 73.7 Å². The molecule has 2 heterocycles. The van der Waals surface area contributed by atoms with Crippen LogP contribution < -0.4 is 10.1 Å². The summed E-state index contributed by atoms with van der Waals surface area (Å²) >= 11 is 1.40. The molecule has 2 aromatic carbocycles. The van der Waals surface area contributed by atoms with E-state index in [-0.39, 0.29) is 5.91 Å². The third-order valence-corrected chi connectivity index (χ3v) is 5.21. The molecule has 26 heavy (non-hydrogen) atoms. The van der Waals surface area contributed by atoms with Crippen LogP contribution in [0.25, 0.3) is 10.2 Å². The number of para-hydroxylation sites is 1. The van der Waals surface area contributed by atoms with Crippen molar-refractivity contribution in [2.24, 2.45) is 0 Å². The second kappa shape index (κ2) is 6.98. The Morgan fingerprint density at radius 1 is 1.00 bits per heavy atom. The lowest BCUT2D eigenvalue weighted by atomic mass is 10.2. The van der Waals surface area contributed by atoms with Crippen molar-refractivity contribution < 1.29 is 9.53 Å². The van der Waals surface area contributed by atoms with E-state index < -0.39 is 0 Å². The Hall–Kier alpha value is -3.18. The summed E-state index contributed by atoms with van der Waals surface area (Å²) in [5.74, 6) is 1.29. The predicted octanol–water partition coefficient (Wildman–Crippen LogP) is 5.65. The molecule has 0 bridgehead atoms. The van der Waals surface area contributed by atoms with E-state index in [9.17, 15) is 4.79 Å². The minimum atomic E-state index is -0.137. The van der Waals surface area contributed by atoms with Gasteiger partial charge in [-0.15, -0.1) is 11.3 Å². The van der Waals surface area contributed by atoms with Crippen molar-refractivity contribution in [3.8, 4) is 11.5 Å². The lowest BCUT2D eigenvalue weighted by Crippen LogP contribution is -2.11. The van der Waals surface area contributed by atoms with Crippen molar-refractivity contribution >= 4 is 33.1 Å². The Kier molecular flexibility index (Phi) is 4.37. The number of rotatable bonds is 4. The first-order chi connectivity index (χ1) is 12.7. The number of aryl methyl sites for hydroxylation is 1. The van der Waals surface area contributed by atoms with Crippen LogP contribution in [-0.2, 0) is 0 Å². The number of hydrogen-bond acceptors (Lipinski definition) is 4. The lowest BCUT2D eigenvalue weighted by Gasteiger charge is -2.08. The normalized spacial score (nSPS) is 10.7. The van der Waals surface area contributed by atoms with E-state index in [0.29, 0.717) is 16.3 Å². The van der Waals surface area contributed by atoms with Crippen LogP contribution in [0.15, 0.2) is 72.9 Å². The van der Waals surface area contributed by atoms with Crippen LogP contribution in [0.3, 0.4) is 0 Å². The lowest BCUT2D eigenvalue weighted by molar-refractivity contribution is 0.103. The van der Waals surface area contributed by atoms with E-state index in [1.54, 1.807) is 6.20 Å². The van der Waals surface area contributed by atoms with Crippen LogP contribution >= 0.6 is 11.3 Å². The summed E-state index contributed by atoms with van der Waals surface area (Å²) in [7, 11) is 0. The highest BCUT2D eigenvalue weighted by Gasteiger charge is 2.16. The Balaban J connectivity index is 1.56. The standard InChI is InChI=1S/C21H16N2O2S/c1-14-18-11-6-12-22-21(18)26-19(14)20(24)23-15-7-5-10-17(13-15)25-16-8-3-2-4-9-16/h2-13H,1H3,(H,23,24). The molecule has 0 aliphatic carbocycles. The van der Waals surface area contributed by atoms with Crippen molar-refractivity contribution in [2.75, 3.05) is 5.32 Å². The van der Waals surface area contributed by atoms with Crippen molar-refractivity contribution in [2.45, 2.75) is 6.92 Å². The molecule has 4 aromatic rings. The van der Waals surface area contributed by atoms with E-state index >= 15 is 0 Å². The summed E-state index contributed by atoms with van der Waals surface area (Å²) in [6.07, 6.45) is 1.74. The number of carbonyl (C=O) groups excluding carboxylic acids is 1. The predicted molar refractivity (Wildman–Crippen MR) is 105 cm³/mol. The first-order valence-corrected chi connectivity index (χ1v) is 9.01. The van der Waals surface area contributed by atoms with Gasteiger partial charge in [-0.2, -0.15) is 0 Å². The molecule has 0 saturated heterocycles. The average molecular weight is 360 g/mol. The number of carbonyl (C=O) groups is 1. The van der Waals surface area contributed by atoms with Crippen molar-refractivity contribution in [3.63, 3.8) is 0 Å². The second-order valence-corrected chi connectivity index (χ2v) is 6.81. The summed E-state index contributed by atoms with van der Waals surface area (Å²) in [4.78, 5) is 18.6. The number of benzene rings is 2. The molecule has 0 aliphatic heterocycles. The monoisotopic (exact) mass is 360 g/mol. The molecular weight excluding hydrogens is 344 g/mol. The molecule has 0 radical (unpaired) electrons. The fraction of sp³-hybridized carbons (Fsp3) is 0.0476. The average Bonchev–Trinajstić information content (AvgIpc) is 3.00.